The second-order valence-electron chi connectivity index (χ2n) is 4.63. The van der Waals surface area contributed by atoms with E-state index in [4.69, 9.17) is 9.84 Å². The van der Waals surface area contributed by atoms with E-state index in [0.717, 1.165) is 19.4 Å². The van der Waals surface area contributed by atoms with Crippen LogP contribution in [0, 0.1) is 5.92 Å². The lowest BCUT2D eigenvalue weighted by molar-refractivity contribution is -0.137. The molecular formula is C12H24N2O3. The lowest BCUT2D eigenvalue weighted by Crippen LogP contribution is -2.47. The van der Waals surface area contributed by atoms with Crippen LogP contribution in [-0.4, -0.2) is 61.9 Å². The fourth-order valence-corrected chi connectivity index (χ4v) is 2.12. The van der Waals surface area contributed by atoms with E-state index in [1.165, 1.54) is 0 Å². The molecule has 1 heterocycles. The van der Waals surface area contributed by atoms with E-state index in [1.807, 2.05) is 0 Å². The summed E-state index contributed by atoms with van der Waals surface area (Å²) in [5, 5.41) is 12.3. The lowest BCUT2D eigenvalue weighted by atomic mass is 9.94. The number of aliphatic hydroxyl groups is 1. The van der Waals surface area contributed by atoms with Gasteiger partial charge in [0.15, 0.2) is 0 Å². The van der Waals surface area contributed by atoms with Gasteiger partial charge in [-0.1, -0.05) is 0 Å². The zero-order valence-electron chi connectivity index (χ0n) is 10.8. The summed E-state index contributed by atoms with van der Waals surface area (Å²) in [4.78, 5) is 13.9. The quantitative estimate of drug-likeness (QED) is 0.682. The van der Waals surface area contributed by atoms with Crippen molar-refractivity contribution in [2.45, 2.75) is 25.8 Å². The van der Waals surface area contributed by atoms with Crippen LogP contribution in [0.1, 0.15) is 19.8 Å². The number of hydrogen-bond donors (Lipinski definition) is 2. The Hall–Kier alpha value is -0.650. The standard InChI is InChI=1S/C12H24N2O3/c1-10-3-4-11(9-13-10)12(16)14(5-7-15)6-8-17-2/h10-11,13,15H,3-9H2,1-2H3. The summed E-state index contributed by atoms with van der Waals surface area (Å²) < 4.78 is 4.98. The van der Waals surface area contributed by atoms with E-state index in [9.17, 15) is 4.79 Å². The van der Waals surface area contributed by atoms with Crippen molar-refractivity contribution in [1.82, 2.24) is 10.2 Å². The molecule has 0 aliphatic carbocycles. The van der Waals surface area contributed by atoms with Crippen LogP contribution < -0.4 is 5.32 Å². The maximum Gasteiger partial charge on any atom is 0.227 e. The number of methoxy groups -OCH3 is 1. The summed E-state index contributed by atoms with van der Waals surface area (Å²) in [6, 6.07) is 0.504. The molecule has 1 amide bonds. The minimum absolute atomic E-state index is 0.00596. The molecule has 5 nitrogen and oxygen atoms in total. The Balaban J connectivity index is 2.45. The second-order valence-corrected chi connectivity index (χ2v) is 4.63. The van der Waals surface area contributed by atoms with E-state index in [1.54, 1.807) is 12.0 Å². The van der Waals surface area contributed by atoms with Crippen molar-refractivity contribution in [2.24, 2.45) is 5.92 Å². The lowest BCUT2D eigenvalue weighted by Gasteiger charge is -2.31. The van der Waals surface area contributed by atoms with Gasteiger partial charge in [0.25, 0.3) is 0 Å². The van der Waals surface area contributed by atoms with Crippen molar-refractivity contribution in [3.63, 3.8) is 0 Å². The third-order valence-electron chi connectivity index (χ3n) is 3.26. The molecular weight excluding hydrogens is 220 g/mol. The molecule has 5 heteroatoms. The summed E-state index contributed by atoms with van der Waals surface area (Å²) in [6.45, 7) is 4.36. The maximum atomic E-state index is 12.2. The zero-order valence-corrected chi connectivity index (χ0v) is 10.8. The van der Waals surface area contributed by atoms with E-state index >= 15 is 0 Å². The molecule has 1 aliphatic heterocycles. The van der Waals surface area contributed by atoms with Gasteiger partial charge in [0.05, 0.1) is 19.1 Å². The highest BCUT2D eigenvalue weighted by molar-refractivity contribution is 5.79. The first kappa shape index (κ1) is 14.4. The average Bonchev–Trinajstić information content (AvgIpc) is 2.34. The number of piperidine rings is 1. The molecule has 1 aliphatic rings. The number of nitrogens with zero attached hydrogens (tertiary/aromatic N) is 1. The summed E-state index contributed by atoms with van der Waals surface area (Å²) >= 11 is 0. The number of aliphatic hydroxyl groups excluding tert-OH is 1. The molecule has 1 fully saturated rings. The first-order valence-electron chi connectivity index (χ1n) is 6.31. The Labute approximate surface area is 103 Å². The highest BCUT2D eigenvalue weighted by Gasteiger charge is 2.27. The normalized spacial score (nSPS) is 24.6. The fraction of sp³-hybridized carbons (Fsp3) is 0.917. The smallest absolute Gasteiger partial charge is 0.227 e. The van der Waals surface area contributed by atoms with Crippen LogP contribution in [0.3, 0.4) is 0 Å². The van der Waals surface area contributed by atoms with Gasteiger partial charge in [-0.2, -0.15) is 0 Å². The number of nitrogens with one attached hydrogen (secondary N) is 1. The van der Waals surface area contributed by atoms with Crippen molar-refractivity contribution >= 4 is 5.91 Å². The predicted molar refractivity (Wildman–Crippen MR) is 65.7 cm³/mol. The molecule has 1 rings (SSSR count). The molecule has 0 radical (unpaired) electrons. The molecule has 1 saturated heterocycles. The van der Waals surface area contributed by atoms with Crippen LogP contribution in [-0.2, 0) is 9.53 Å². The van der Waals surface area contributed by atoms with E-state index in [-0.39, 0.29) is 18.4 Å². The Morgan fingerprint density at radius 2 is 2.24 bits per heavy atom. The van der Waals surface area contributed by atoms with Crippen LogP contribution in [0.25, 0.3) is 0 Å². The van der Waals surface area contributed by atoms with Crippen molar-refractivity contribution in [1.29, 1.82) is 0 Å². The Morgan fingerprint density at radius 1 is 1.47 bits per heavy atom. The average molecular weight is 244 g/mol. The van der Waals surface area contributed by atoms with Crippen LogP contribution in [0.5, 0.6) is 0 Å². The van der Waals surface area contributed by atoms with Gasteiger partial charge in [0.2, 0.25) is 5.91 Å². The molecule has 2 unspecified atom stereocenters. The highest BCUT2D eigenvalue weighted by atomic mass is 16.5. The van der Waals surface area contributed by atoms with Gasteiger partial charge in [-0.3, -0.25) is 4.79 Å². The summed E-state index contributed by atoms with van der Waals surface area (Å²) in [6.07, 6.45) is 1.97. The minimum Gasteiger partial charge on any atom is -0.395 e. The van der Waals surface area contributed by atoms with Crippen molar-refractivity contribution in [3.05, 3.63) is 0 Å². The number of hydrogen-bond acceptors (Lipinski definition) is 4. The maximum absolute atomic E-state index is 12.2. The summed E-state index contributed by atoms with van der Waals surface area (Å²) in [7, 11) is 1.62. The molecule has 2 atom stereocenters. The molecule has 0 aromatic carbocycles. The number of amides is 1. The van der Waals surface area contributed by atoms with Crippen LogP contribution in [0.2, 0.25) is 0 Å². The van der Waals surface area contributed by atoms with Gasteiger partial charge < -0.3 is 20.1 Å². The van der Waals surface area contributed by atoms with Crippen LogP contribution in [0.15, 0.2) is 0 Å². The Bertz CT molecular complexity index is 228. The highest BCUT2D eigenvalue weighted by Crippen LogP contribution is 2.16. The molecule has 0 aromatic heterocycles. The first-order valence-corrected chi connectivity index (χ1v) is 6.31. The number of carbonyl (C=O) groups is 1. The minimum atomic E-state index is 0.00596. The molecule has 0 bridgehead atoms. The molecule has 0 aromatic rings. The molecule has 2 N–H and O–H groups in total. The van der Waals surface area contributed by atoms with Crippen LogP contribution in [0.4, 0.5) is 0 Å². The third kappa shape index (κ3) is 4.61. The van der Waals surface area contributed by atoms with Crippen molar-refractivity contribution in [3.8, 4) is 0 Å². The van der Waals surface area contributed by atoms with Crippen molar-refractivity contribution in [2.75, 3.05) is 40.0 Å². The number of rotatable bonds is 6. The number of ether oxygens (including phenoxy) is 1. The molecule has 100 valence electrons. The van der Waals surface area contributed by atoms with Gasteiger partial charge in [-0.05, 0) is 19.8 Å². The van der Waals surface area contributed by atoms with Crippen molar-refractivity contribution < 1.29 is 14.6 Å². The Kier molecular flexibility index (Phi) is 6.47. The number of carbonyl (C=O) groups excluding carboxylic acids is 1. The van der Waals surface area contributed by atoms with E-state index in [0.29, 0.717) is 25.7 Å². The molecule has 0 saturated carbocycles. The molecule has 17 heavy (non-hydrogen) atoms. The third-order valence-corrected chi connectivity index (χ3v) is 3.26. The van der Waals surface area contributed by atoms with Gasteiger partial charge in [-0.15, -0.1) is 0 Å². The molecule has 0 spiro atoms. The largest absolute Gasteiger partial charge is 0.395 e. The fourth-order valence-electron chi connectivity index (χ4n) is 2.12. The van der Waals surface area contributed by atoms with Crippen LogP contribution >= 0.6 is 0 Å². The second kappa shape index (κ2) is 7.63. The predicted octanol–water partition coefficient (Wildman–Crippen LogP) is -0.158. The van der Waals surface area contributed by atoms with E-state index < -0.39 is 0 Å². The Morgan fingerprint density at radius 3 is 2.76 bits per heavy atom. The summed E-state index contributed by atoms with van der Waals surface area (Å²) in [5.74, 6) is 0.185. The SMILES string of the molecule is COCCN(CCO)C(=O)C1CCC(C)NC1. The van der Waals surface area contributed by atoms with Gasteiger partial charge >= 0.3 is 0 Å². The first-order chi connectivity index (χ1) is 8.19. The monoisotopic (exact) mass is 244 g/mol. The zero-order chi connectivity index (χ0) is 12.7. The topological polar surface area (TPSA) is 61.8 Å². The van der Waals surface area contributed by atoms with Gasteiger partial charge in [-0.25, -0.2) is 0 Å². The van der Waals surface area contributed by atoms with Gasteiger partial charge in [0, 0.05) is 32.8 Å². The van der Waals surface area contributed by atoms with E-state index in [2.05, 4.69) is 12.2 Å². The van der Waals surface area contributed by atoms with Gasteiger partial charge in [0.1, 0.15) is 0 Å². The summed E-state index contributed by atoms with van der Waals surface area (Å²) in [5.41, 5.74) is 0.